The number of terminal acetylenes is 1. The van der Waals surface area contributed by atoms with Gasteiger partial charge in [-0.1, -0.05) is 0 Å². The van der Waals surface area contributed by atoms with E-state index in [1.165, 1.54) is 0 Å². The van der Waals surface area contributed by atoms with Crippen LogP contribution in [-0.4, -0.2) is 25.5 Å². The molecule has 0 aliphatic carbocycles. The highest BCUT2D eigenvalue weighted by Gasteiger charge is 2.19. The predicted octanol–water partition coefficient (Wildman–Crippen LogP) is 0.906. The molecule has 0 radical (unpaired) electrons. The lowest BCUT2D eigenvalue weighted by Crippen LogP contribution is -2.40. The van der Waals surface area contributed by atoms with Gasteiger partial charge >= 0.3 is 0 Å². The molecule has 1 rings (SSSR count). The van der Waals surface area contributed by atoms with Gasteiger partial charge in [-0.3, -0.25) is 4.79 Å². The molecule has 0 aromatic carbocycles. The minimum absolute atomic E-state index is 0.173. The number of piperidine rings is 1. The van der Waals surface area contributed by atoms with E-state index in [0.29, 0.717) is 0 Å². The Morgan fingerprint density at radius 3 is 3.07 bits per heavy atom. The van der Waals surface area contributed by atoms with Gasteiger partial charge in [0.2, 0.25) is 5.91 Å². The standard InChI is InChI=1S/C12H20N2O/c1-2-3-4-5-9-14-12(15)11-7-6-8-13-10-11/h1,11,13H,3-10H2,(H,14,15). The van der Waals surface area contributed by atoms with Crippen LogP contribution in [0.5, 0.6) is 0 Å². The van der Waals surface area contributed by atoms with Crippen LogP contribution in [0.2, 0.25) is 0 Å². The molecule has 1 saturated heterocycles. The highest BCUT2D eigenvalue weighted by molar-refractivity contribution is 5.78. The molecule has 84 valence electrons. The summed E-state index contributed by atoms with van der Waals surface area (Å²) >= 11 is 0. The summed E-state index contributed by atoms with van der Waals surface area (Å²) < 4.78 is 0. The minimum Gasteiger partial charge on any atom is -0.356 e. The smallest absolute Gasteiger partial charge is 0.224 e. The molecule has 1 atom stereocenters. The van der Waals surface area contributed by atoms with E-state index in [9.17, 15) is 4.79 Å². The van der Waals surface area contributed by atoms with E-state index in [0.717, 1.165) is 51.7 Å². The van der Waals surface area contributed by atoms with E-state index in [-0.39, 0.29) is 11.8 Å². The van der Waals surface area contributed by atoms with Gasteiger partial charge in [-0.05, 0) is 32.2 Å². The zero-order valence-corrected chi connectivity index (χ0v) is 9.22. The van der Waals surface area contributed by atoms with Crippen molar-refractivity contribution in [2.45, 2.75) is 32.1 Å². The molecule has 1 heterocycles. The summed E-state index contributed by atoms with van der Waals surface area (Å²) in [6.07, 6.45) is 10.1. The highest BCUT2D eigenvalue weighted by atomic mass is 16.1. The molecule has 15 heavy (non-hydrogen) atoms. The fraction of sp³-hybridized carbons (Fsp3) is 0.750. The average Bonchev–Trinajstić information content (AvgIpc) is 2.30. The topological polar surface area (TPSA) is 41.1 Å². The summed E-state index contributed by atoms with van der Waals surface area (Å²) in [5.41, 5.74) is 0. The van der Waals surface area contributed by atoms with Gasteiger partial charge in [0.05, 0.1) is 5.92 Å². The Morgan fingerprint density at radius 1 is 1.53 bits per heavy atom. The van der Waals surface area contributed by atoms with Crippen LogP contribution in [0.3, 0.4) is 0 Å². The molecule has 2 N–H and O–H groups in total. The number of carbonyl (C=O) groups is 1. The maximum atomic E-state index is 11.6. The van der Waals surface area contributed by atoms with Crippen molar-refractivity contribution < 1.29 is 4.79 Å². The van der Waals surface area contributed by atoms with Crippen molar-refractivity contribution in [1.29, 1.82) is 0 Å². The minimum atomic E-state index is 0.173. The van der Waals surface area contributed by atoms with Crippen LogP contribution in [0.4, 0.5) is 0 Å². The molecule has 0 saturated carbocycles. The van der Waals surface area contributed by atoms with E-state index in [1.807, 2.05) is 0 Å². The van der Waals surface area contributed by atoms with Crippen molar-refractivity contribution in [3.8, 4) is 12.3 Å². The summed E-state index contributed by atoms with van der Waals surface area (Å²) in [6.45, 7) is 2.64. The maximum Gasteiger partial charge on any atom is 0.224 e. The number of unbranched alkanes of at least 4 members (excludes halogenated alkanes) is 2. The quantitative estimate of drug-likeness (QED) is 0.521. The van der Waals surface area contributed by atoms with Crippen molar-refractivity contribution in [3.05, 3.63) is 0 Å². The number of nitrogens with one attached hydrogen (secondary N) is 2. The first-order chi connectivity index (χ1) is 7.34. The van der Waals surface area contributed by atoms with Gasteiger partial charge in [0.1, 0.15) is 0 Å². The van der Waals surface area contributed by atoms with E-state index < -0.39 is 0 Å². The summed E-state index contributed by atoms with van der Waals surface area (Å²) in [5.74, 6) is 2.97. The van der Waals surface area contributed by atoms with Gasteiger partial charge in [-0.2, -0.15) is 0 Å². The molecule has 1 fully saturated rings. The molecule has 0 spiro atoms. The van der Waals surface area contributed by atoms with Crippen LogP contribution in [-0.2, 0) is 4.79 Å². The SMILES string of the molecule is C#CCCCCNC(=O)C1CCCNC1. The highest BCUT2D eigenvalue weighted by Crippen LogP contribution is 2.09. The summed E-state index contributed by atoms with van der Waals surface area (Å²) in [7, 11) is 0. The first-order valence-electron chi connectivity index (χ1n) is 5.76. The lowest BCUT2D eigenvalue weighted by atomic mass is 9.99. The maximum absolute atomic E-state index is 11.6. The van der Waals surface area contributed by atoms with Crippen LogP contribution in [0, 0.1) is 18.3 Å². The van der Waals surface area contributed by atoms with E-state index in [2.05, 4.69) is 16.6 Å². The molecular weight excluding hydrogens is 188 g/mol. The fourth-order valence-corrected chi connectivity index (χ4v) is 1.78. The van der Waals surface area contributed by atoms with E-state index in [4.69, 9.17) is 6.42 Å². The van der Waals surface area contributed by atoms with Crippen LogP contribution in [0.1, 0.15) is 32.1 Å². The van der Waals surface area contributed by atoms with Crippen LogP contribution >= 0.6 is 0 Å². The van der Waals surface area contributed by atoms with E-state index in [1.54, 1.807) is 0 Å². The second-order valence-electron chi connectivity index (χ2n) is 4.00. The Morgan fingerprint density at radius 2 is 2.40 bits per heavy atom. The second kappa shape index (κ2) is 7.30. The molecule has 0 aromatic heterocycles. The molecule has 0 bridgehead atoms. The Balaban J connectivity index is 2.05. The Hall–Kier alpha value is -1.01. The van der Waals surface area contributed by atoms with Gasteiger partial charge in [-0.25, -0.2) is 0 Å². The normalized spacial score (nSPS) is 20.6. The number of hydrogen-bond acceptors (Lipinski definition) is 2. The third-order valence-corrected chi connectivity index (χ3v) is 2.71. The van der Waals surface area contributed by atoms with Crippen LogP contribution < -0.4 is 10.6 Å². The first kappa shape index (κ1) is 12.1. The Bertz CT molecular complexity index is 226. The molecule has 1 amide bonds. The zero-order valence-electron chi connectivity index (χ0n) is 9.22. The summed E-state index contributed by atoms with van der Waals surface area (Å²) in [4.78, 5) is 11.6. The van der Waals surface area contributed by atoms with Crippen molar-refractivity contribution in [1.82, 2.24) is 10.6 Å². The van der Waals surface area contributed by atoms with Gasteiger partial charge in [0.25, 0.3) is 0 Å². The van der Waals surface area contributed by atoms with Crippen molar-refractivity contribution >= 4 is 5.91 Å². The monoisotopic (exact) mass is 208 g/mol. The fourth-order valence-electron chi connectivity index (χ4n) is 1.78. The summed E-state index contributed by atoms with van der Waals surface area (Å²) in [6, 6.07) is 0. The molecule has 1 unspecified atom stereocenters. The lowest BCUT2D eigenvalue weighted by molar-refractivity contribution is -0.125. The molecule has 0 aromatic rings. The third kappa shape index (κ3) is 4.85. The predicted molar refractivity (Wildman–Crippen MR) is 61.3 cm³/mol. The molecular formula is C12H20N2O. The molecule has 3 nitrogen and oxygen atoms in total. The second-order valence-corrected chi connectivity index (χ2v) is 4.00. The van der Waals surface area contributed by atoms with Gasteiger partial charge in [0.15, 0.2) is 0 Å². The number of carbonyl (C=O) groups excluding carboxylic acids is 1. The number of rotatable bonds is 5. The molecule has 3 heteroatoms. The Kier molecular flexibility index (Phi) is 5.87. The van der Waals surface area contributed by atoms with Gasteiger partial charge in [0, 0.05) is 19.5 Å². The van der Waals surface area contributed by atoms with E-state index >= 15 is 0 Å². The van der Waals surface area contributed by atoms with Crippen LogP contribution in [0.15, 0.2) is 0 Å². The van der Waals surface area contributed by atoms with Crippen molar-refractivity contribution in [2.75, 3.05) is 19.6 Å². The lowest BCUT2D eigenvalue weighted by Gasteiger charge is -2.21. The number of hydrogen-bond donors (Lipinski definition) is 2. The number of amides is 1. The Labute approximate surface area is 92.0 Å². The van der Waals surface area contributed by atoms with Gasteiger partial charge in [-0.15, -0.1) is 12.3 Å². The third-order valence-electron chi connectivity index (χ3n) is 2.71. The van der Waals surface area contributed by atoms with Gasteiger partial charge < -0.3 is 10.6 Å². The van der Waals surface area contributed by atoms with Crippen molar-refractivity contribution in [3.63, 3.8) is 0 Å². The largest absolute Gasteiger partial charge is 0.356 e. The first-order valence-corrected chi connectivity index (χ1v) is 5.76. The van der Waals surface area contributed by atoms with Crippen molar-refractivity contribution in [2.24, 2.45) is 5.92 Å². The zero-order chi connectivity index (χ0) is 10.9. The summed E-state index contributed by atoms with van der Waals surface area (Å²) in [5, 5.41) is 6.20. The molecule has 1 aliphatic heterocycles. The molecule has 1 aliphatic rings. The average molecular weight is 208 g/mol. The van der Waals surface area contributed by atoms with Crippen LogP contribution in [0.25, 0.3) is 0 Å².